The van der Waals surface area contributed by atoms with E-state index in [9.17, 15) is 10.2 Å². The fraction of sp³-hybridized carbons (Fsp3) is 0.231. The molecule has 0 amide bonds. The molecule has 0 spiro atoms. The van der Waals surface area contributed by atoms with E-state index in [1.165, 1.54) is 0 Å². The number of phenolic OH excluding ortho intramolecular Hbond substituents is 2. The molecule has 2 atom stereocenters. The molecule has 0 aromatic heterocycles. The van der Waals surface area contributed by atoms with Crippen molar-refractivity contribution in [2.75, 3.05) is 0 Å². The van der Waals surface area contributed by atoms with Crippen molar-refractivity contribution in [1.29, 1.82) is 0 Å². The summed E-state index contributed by atoms with van der Waals surface area (Å²) in [6, 6.07) is 3.79. The lowest BCUT2D eigenvalue weighted by Crippen LogP contribution is -2.07. The molecule has 0 heterocycles. The highest BCUT2D eigenvalue weighted by Crippen LogP contribution is 2.45. The van der Waals surface area contributed by atoms with Crippen LogP contribution in [0.25, 0.3) is 0 Å². The summed E-state index contributed by atoms with van der Waals surface area (Å²) in [6.07, 6.45) is 9.03. The molecule has 0 fully saturated rings. The normalized spacial score (nSPS) is 12.7. The molecule has 33 heavy (non-hydrogen) atoms. The molecule has 3 nitrogen and oxygen atoms in total. The van der Waals surface area contributed by atoms with Crippen LogP contribution >= 0.6 is 63.7 Å². The number of allylic oxidation sites excluding steroid dienone is 4. The van der Waals surface area contributed by atoms with E-state index in [1.54, 1.807) is 24.3 Å². The topological polar surface area (TPSA) is 49.7 Å². The number of ether oxygens (including phenoxy) is 1. The van der Waals surface area contributed by atoms with Gasteiger partial charge in [0.05, 0.1) is 0 Å². The predicted molar refractivity (Wildman–Crippen MR) is 152 cm³/mol. The van der Waals surface area contributed by atoms with Gasteiger partial charge in [0.25, 0.3) is 0 Å². The lowest BCUT2D eigenvalue weighted by molar-refractivity contribution is 0.0999. The molecule has 176 valence electrons. The van der Waals surface area contributed by atoms with Gasteiger partial charge in [-0.2, -0.15) is 0 Å². The smallest absolute Gasteiger partial charge is 0.140 e. The number of hydrogen-bond acceptors (Lipinski definition) is 3. The third-order valence-corrected chi connectivity index (χ3v) is 8.32. The highest BCUT2D eigenvalue weighted by Gasteiger charge is 2.25. The van der Waals surface area contributed by atoms with Crippen LogP contribution in [0.2, 0.25) is 0 Å². The van der Waals surface area contributed by atoms with E-state index in [1.807, 2.05) is 12.1 Å². The maximum atomic E-state index is 10.7. The maximum absolute atomic E-state index is 10.7. The van der Waals surface area contributed by atoms with E-state index in [2.05, 4.69) is 90.0 Å². The van der Waals surface area contributed by atoms with E-state index >= 15 is 0 Å². The molecule has 2 aromatic carbocycles. The lowest BCUT2D eigenvalue weighted by Gasteiger charge is -2.23. The number of benzene rings is 2. The van der Waals surface area contributed by atoms with Gasteiger partial charge in [0.2, 0.25) is 0 Å². The summed E-state index contributed by atoms with van der Waals surface area (Å²) in [5.74, 6) is 0.454. The van der Waals surface area contributed by atoms with Crippen LogP contribution in [-0.4, -0.2) is 10.2 Å². The molecule has 0 aliphatic rings. The molecule has 2 aromatic rings. The summed E-state index contributed by atoms with van der Waals surface area (Å²) < 4.78 is 7.80. The molecular formula is C26H26Br4O3. The van der Waals surface area contributed by atoms with E-state index in [-0.39, 0.29) is 11.5 Å². The van der Waals surface area contributed by atoms with E-state index in [0.29, 0.717) is 25.7 Å². The molecule has 2 rings (SSSR count). The summed E-state index contributed by atoms with van der Waals surface area (Å²) in [5.41, 5.74) is 4.66. The van der Waals surface area contributed by atoms with Crippen molar-refractivity contribution in [2.24, 2.45) is 0 Å². The average Bonchev–Trinajstić information content (AvgIpc) is 2.77. The maximum Gasteiger partial charge on any atom is 0.140 e. The van der Waals surface area contributed by atoms with Crippen LogP contribution in [0.5, 0.6) is 11.5 Å². The Morgan fingerprint density at radius 1 is 0.697 bits per heavy atom. The zero-order valence-electron chi connectivity index (χ0n) is 18.1. The van der Waals surface area contributed by atoms with Gasteiger partial charge >= 0.3 is 0 Å². The second-order valence-corrected chi connectivity index (χ2v) is 10.5. The summed E-state index contributed by atoms with van der Waals surface area (Å²) in [7, 11) is 0. The Bertz CT molecular complexity index is 979. The number of phenols is 2. The zero-order chi connectivity index (χ0) is 24.7. The summed E-state index contributed by atoms with van der Waals surface area (Å²) in [6.45, 7) is 15.2. The van der Waals surface area contributed by atoms with Crippen LogP contribution in [0.1, 0.15) is 43.4 Å². The summed E-state index contributed by atoms with van der Waals surface area (Å²) >= 11 is 14.6. The van der Waals surface area contributed by atoms with Gasteiger partial charge in [0.15, 0.2) is 0 Å². The van der Waals surface area contributed by atoms with Crippen LogP contribution in [0.3, 0.4) is 0 Å². The number of aromatic hydroxyl groups is 2. The first-order valence-electron chi connectivity index (χ1n) is 10.1. The first-order chi connectivity index (χ1) is 15.7. The van der Waals surface area contributed by atoms with Crippen molar-refractivity contribution in [3.05, 3.63) is 105 Å². The predicted octanol–water partition coefficient (Wildman–Crippen LogP) is 9.04. The first-order valence-corrected chi connectivity index (χ1v) is 13.6. The Balaban J connectivity index is 2.50. The minimum atomic E-state index is -0.504. The largest absolute Gasteiger partial charge is 0.507 e. The van der Waals surface area contributed by atoms with Crippen LogP contribution < -0.4 is 0 Å². The van der Waals surface area contributed by atoms with Gasteiger partial charge in [-0.05, 0) is 80.8 Å². The van der Waals surface area contributed by atoms with Crippen molar-refractivity contribution >= 4 is 63.7 Å². The second-order valence-electron chi connectivity index (χ2n) is 7.27. The fourth-order valence-electron chi connectivity index (χ4n) is 3.45. The second kappa shape index (κ2) is 13.1. The first kappa shape index (κ1) is 28.1. The Kier molecular flexibility index (Phi) is 11.2. The minimum Gasteiger partial charge on any atom is -0.507 e. The third kappa shape index (κ3) is 6.51. The molecule has 0 bridgehead atoms. The number of halogens is 4. The Hall–Kier alpha value is -1.12. The zero-order valence-corrected chi connectivity index (χ0v) is 24.4. The molecule has 0 saturated heterocycles. The van der Waals surface area contributed by atoms with Crippen LogP contribution in [0.15, 0.2) is 71.7 Å². The Morgan fingerprint density at radius 2 is 1.03 bits per heavy atom. The molecule has 7 heteroatoms. The monoisotopic (exact) mass is 702 g/mol. The van der Waals surface area contributed by atoms with Crippen LogP contribution in [0.4, 0.5) is 0 Å². The van der Waals surface area contributed by atoms with Gasteiger partial charge in [-0.15, -0.1) is 26.3 Å². The van der Waals surface area contributed by atoms with Gasteiger partial charge < -0.3 is 14.9 Å². The average molecular weight is 706 g/mol. The van der Waals surface area contributed by atoms with E-state index in [0.717, 1.165) is 42.3 Å². The minimum absolute atomic E-state index is 0.227. The van der Waals surface area contributed by atoms with Crippen molar-refractivity contribution in [3.8, 4) is 11.5 Å². The highest BCUT2D eigenvalue weighted by atomic mass is 79.9. The molecule has 2 N–H and O–H groups in total. The van der Waals surface area contributed by atoms with Gasteiger partial charge in [0.1, 0.15) is 21.5 Å². The van der Waals surface area contributed by atoms with Crippen molar-refractivity contribution in [3.63, 3.8) is 0 Å². The Labute approximate surface area is 229 Å². The van der Waals surface area contributed by atoms with E-state index in [4.69, 9.17) is 4.74 Å². The summed E-state index contributed by atoms with van der Waals surface area (Å²) in [4.78, 5) is 0. The molecule has 0 aliphatic carbocycles. The fourth-order valence-corrected chi connectivity index (χ4v) is 6.85. The molecular weight excluding hydrogens is 680 g/mol. The Morgan fingerprint density at radius 3 is 1.33 bits per heavy atom. The molecule has 2 unspecified atom stereocenters. The molecule has 0 radical (unpaired) electrons. The number of rotatable bonds is 12. The van der Waals surface area contributed by atoms with Crippen molar-refractivity contribution < 1.29 is 14.9 Å². The molecule has 0 saturated carbocycles. The standard InChI is InChI=1S/C26H26Br4O3/c1-5-9-15-13-19(21(27)17(11-7-3)23(15)31)25(29)33-26(30)20-14-16(10-6-2)24(32)18(12-8-4)22(20)28/h5-8,13-14,25-26,31-32H,1-4,9-12H2. The summed E-state index contributed by atoms with van der Waals surface area (Å²) in [5, 5.41) is 20.4. The quantitative estimate of drug-likeness (QED) is 0.171. The van der Waals surface area contributed by atoms with Gasteiger partial charge in [-0.25, -0.2) is 0 Å². The van der Waals surface area contributed by atoms with Gasteiger partial charge in [-0.3, -0.25) is 0 Å². The highest BCUT2D eigenvalue weighted by molar-refractivity contribution is 9.11. The van der Waals surface area contributed by atoms with E-state index < -0.39 is 10.0 Å². The number of hydrogen-bond donors (Lipinski definition) is 2. The SMILES string of the molecule is C=CCc1cc(C(Br)OC(Br)c2cc(CC=C)c(O)c(CC=C)c2Br)c(Br)c(CC=C)c1O. The van der Waals surface area contributed by atoms with Gasteiger partial charge in [-0.1, -0.05) is 56.2 Å². The van der Waals surface area contributed by atoms with Gasteiger partial charge in [0, 0.05) is 31.2 Å². The lowest BCUT2D eigenvalue weighted by atomic mass is 9.99. The van der Waals surface area contributed by atoms with Crippen molar-refractivity contribution in [2.45, 2.75) is 35.7 Å². The van der Waals surface area contributed by atoms with Crippen molar-refractivity contribution in [1.82, 2.24) is 0 Å². The number of alkyl halides is 2. The third-order valence-electron chi connectivity index (χ3n) is 5.03. The van der Waals surface area contributed by atoms with Crippen LogP contribution in [0, 0.1) is 0 Å². The van der Waals surface area contributed by atoms with Crippen LogP contribution in [-0.2, 0) is 30.4 Å². The molecule has 0 aliphatic heterocycles.